The van der Waals surface area contributed by atoms with Crippen molar-refractivity contribution in [2.75, 3.05) is 0 Å². The van der Waals surface area contributed by atoms with Gasteiger partial charge >= 0.3 is 6.61 Å². The molecule has 13 heavy (non-hydrogen) atoms. The van der Waals surface area contributed by atoms with Crippen molar-refractivity contribution < 1.29 is 22.3 Å². The Hall–Kier alpha value is -1.08. The summed E-state index contributed by atoms with van der Waals surface area (Å²) in [6.45, 7) is -2.92. The van der Waals surface area contributed by atoms with E-state index in [1.165, 1.54) is 0 Å². The third-order valence-corrected chi connectivity index (χ3v) is 1.71. The van der Waals surface area contributed by atoms with E-state index >= 15 is 0 Å². The van der Waals surface area contributed by atoms with Crippen molar-refractivity contribution >= 4 is 11.1 Å². The van der Waals surface area contributed by atoms with Crippen LogP contribution in [0, 0.1) is 0 Å². The van der Waals surface area contributed by atoms with Gasteiger partial charge in [-0.1, -0.05) is 0 Å². The summed E-state index contributed by atoms with van der Waals surface area (Å²) in [7, 11) is 0. The lowest BCUT2D eigenvalue weighted by Crippen LogP contribution is -2.02. The number of halogens is 2. The molecule has 7 heteroatoms. The first-order chi connectivity index (χ1) is 6.09. The average Bonchev–Trinajstić information content (AvgIpc) is 2.04. The van der Waals surface area contributed by atoms with E-state index in [0.29, 0.717) is 0 Å². The fraction of sp³-hybridized carbons (Fsp3) is 0.167. The molecule has 0 saturated heterocycles. The van der Waals surface area contributed by atoms with Gasteiger partial charge in [-0.05, 0) is 12.1 Å². The quantitative estimate of drug-likeness (QED) is 0.761. The van der Waals surface area contributed by atoms with E-state index < -0.39 is 17.7 Å². The van der Waals surface area contributed by atoms with Crippen LogP contribution in [-0.2, 0) is 11.1 Å². The smallest absolute Gasteiger partial charge is 0.387 e. The Morgan fingerprint density at radius 1 is 1.54 bits per heavy atom. The van der Waals surface area contributed by atoms with Crippen molar-refractivity contribution in [2.24, 2.45) is 0 Å². The maximum absolute atomic E-state index is 11.6. The molecule has 1 unspecified atom stereocenters. The van der Waals surface area contributed by atoms with E-state index in [4.69, 9.17) is 4.55 Å². The molecule has 0 aliphatic carbocycles. The lowest BCUT2D eigenvalue weighted by Gasteiger charge is -2.02. The zero-order valence-corrected chi connectivity index (χ0v) is 7.00. The topological polar surface area (TPSA) is 59.4 Å². The van der Waals surface area contributed by atoms with Gasteiger partial charge in [-0.25, -0.2) is 9.19 Å². The van der Waals surface area contributed by atoms with E-state index in [0.717, 1.165) is 18.3 Å². The molecule has 1 N–H and O–H groups in total. The third-order valence-electron chi connectivity index (χ3n) is 1.11. The van der Waals surface area contributed by atoms with Gasteiger partial charge in [0.25, 0.3) is 0 Å². The highest BCUT2D eigenvalue weighted by Crippen LogP contribution is 2.13. The van der Waals surface area contributed by atoms with Crippen molar-refractivity contribution in [1.82, 2.24) is 4.98 Å². The highest BCUT2D eigenvalue weighted by molar-refractivity contribution is 7.79. The monoisotopic (exact) mass is 209 g/mol. The molecule has 0 radical (unpaired) electrons. The summed E-state index contributed by atoms with van der Waals surface area (Å²) in [6.07, 6.45) is 0.954. The molecule has 0 amide bonds. The molecule has 0 aromatic carbocycles. The highest BCUT2D eigenvalue weighted by Gasteiger charge is 2.05. The summed E-state index contributed by atoms with van der Waals surface area (Å²) in [5.41, 5.74) is 0. The van der Waals surface area contributed by atoms with Crippen LogP contribution in [0.15, 0.2) is 23.4 Å². The van der Waals surface area contributed by atoms with Crippen LogP contribution in [0.2, 0.25) is 0 Å². The number of ether oxygens (including phenoxy) is 1. The Kier molecular flexibility index (Phi) is 3.26. The van der Waals surface area contributed by atoms with Crippen molar-refractivity contribution in [3.63, 3.8) is 0 Å². The first kappa shape index (κ1) is 10.0. The Balaban J connectivity index is 2.75. The molecule has 0 aliphatic rings. The summed E-state index contributed by atoms with van der Waals surface area (Å²) < 4.78 is 46.1. The molecular weight excluding hydrogens is 204 g/mol. The van der Waals surface area contributed by atoms with Gasteiger partial charge in [0.2, 0.25) is 11.1 Å². The van der Waals surface area contributed by atoms with Gasteiger partial charge < -0.3 is 9.29 Å². The minimum atomic E-state index is -2.92. The zero-order valence-electron chi connectivity index (χ0n) is 6.18. The summed E-state index contributed by atoms with van der Waals surface area (Å²) in [5, 5.41) is -0.110. The van der Waals surface area contributed by atoms with Gasteiger partial charge in [-0.15, -0.1) is 0 Å². The maximum Gasteiger partial charge on any atom is 0.387 e. The van der Waals surface area contributed by atoms with Gasteiger partial charge in [0.1, 0.15) is 5.75 Å². The second kappa shape index (κ2) is 4.24. The maximum atomic E-state index is 11.6. The number of nitrogens with zero attached hydrogens (tertiary/aromatic N) is 1. The zero-order chi connectivity index (χ0) is 9.84. The lowest BCUT2D eigenvalue weighted by atomic mass is 10.5. The fourth-order valence-corrected chi connectivity index (χ4v) is 0.970. The van der Waals surface area contributed by atoms with Gasteiger partial charge in [0.05, 0.1) is 6.20 Å². The SMILES string of the molecule is O=S(O)c1ccc(OC(F)F)cn1. The summed E-state index contributed by atoms with van der Waals surface area (Å²) >= 11 is -2.20. The van der Waals surface area contributed by atoms with Crippen molar-refractivity contribution in [3.8, 4) is 5.75 Å². The van der Waals surface area contributed by atoms with Gasteiger partial charge in [0, 0.05) is 0 Å². The number of hydrogen-bond donors (Lipinski definition) is 1. The molecule has 0 spiro atoms. The standard InChI is InChI=1S/C6H5F2NO3S/c7-6(8)12-4-1-2-5(9-3-4)13(10)11/h1-3,6H,(H,10,11). The van der Waals surface area contributed by atoms with E-state index in [-0.39, 0.29) is 10.8 Å². The Morgan fingerprint density at radius 3 is 2.62 bits per heavy atom. The van der Waals surface area contributed by atoms with E-state index in [2.05, 4.69) is 9.72 Å². The molecule has 0 fully saturated rings. The van der Waals surface area contributed by atoms with Gasteiger partial charge in [0.15, 0.2) is 5.03 Å². The van der Waals surface area contributed by atoms with Gasteiger partial charge in [-0.3, -0.25) is 0 Å². The molecule has 1 atom stereocenters. The number of aromatic nitrogens is 1. The van der Waals surface area contributed by atoms with Crippen LogP contribution in [0.1, 0.15) is 0 Å². The number of alkyl halides is 2. The molecule has 0 aliphatic heterocycles. The second-order valence-corrected chi connectivity index (χ2v) is 2.88. The third kappa shape index (κ3) is 3.03. The Labute approximate surface area is 74.8 Å². The second-order valence-electron chi connectivity index (χ2n) is 1.96. The molecule has 1 rings (SSSR count). The molecular formula is C6H5F2NO3S. The van der Waals surface area contributed by atoms with Crippen molar-refractivity contribution in [2.45, 2.75) is 11.6 Å². The van der Waals surface area contributed by atoms with Crippen LogP contribution in [0.3, 0.4) is 0 Å². The lowest BCUT2D eigenvalue weighted by molar-refractivity contribution is -0.0501. The van der Waals surface area contributed by atoms with Gasteiger partial charge in [-0.2, -0.15) is 8.78 Å². The van der Waals surface area contributed by atoms with E-state index in [1.54, 1.807) is 0 Å². The summed E-state index contributed by atoms with van der Waals surface area (Å²) in [5.74, 6) is -0.149. The normalized spacial score (nSPS) is 12.9. The predicted octanol–water partition coefficient (Wildman–Crippen LogP) is 1.26. The molecule has 0 bridgehead atoms. The predicted molar refractivity (Wildman–Crippen MR) is 39.9 cm³/mol. The van der Waals surface area contributed by atoms with E-state index in [1.807, 2.05) is 0 Å². The molecule has 72 valence electrons. The Morgan fingerprint density at radius 2 is 2.23 bits per heavy atom. The first-order valence-electron chi connectivity index (χ1n) is 3.11. The minimum absolute atomic E-state index is 0.110. The van der Waals surface area contributed by atoms with Crippen molar-refractivity contribution in [1.29, 1.82) is 0 Å². The summed E-state index contributed by atoms with van der Waals surface area (Å²) in [6, 6.07) is 2.27. The van der Waals surface area contributed by atoms with Crippen LogP contribution in [0.25, 0.3) is 0 Å². The first-order valence-corrected chi connectivity index (χ1v) is 4.22. The fourth-order valence-electron chi connectivity index (χ4n) is 0.643. The van der Waals surface area contributed by atoms with Crippen LogP contribution >= 0.6 is 0 Å². The largest absolute Gasteiger partial charge is 0.433 e. The van der Waals surface area contributed by atoms with Crippen LogP contribution < -0.4 is 4.74 Å². The van der Waals surface area contributed by atoms with Crippen molar-refractivity contribution in [3.05, 3.63) is 18.3 Å². The van der Waals surface area contributed by atoms with E-state index in [9.17, 15) is 13.0 Å². The minimum Gasteiger partial charge on any atom is -0.433 e. The number of hydrogen-bond acceptors (Lipinski definition) is 3. The highest BCUT2D eigenvalue weighted by atomic mass is 32.2. The molecule has 1 heterocycles. The number of rotatable bonds is 3. The van der Waals surface area contributed by atoms with Crippen LogP contribution in [0.4, 0.5) is 8.78 Å². The molecule has 1 aromatic rings. The molecule has 1 aromatic heterocycles. The Bertz CT molecular complexity index is 303. The number of pyridine rings is 1. The molecule has 4 nitrogen and oxygen atoms in total. The summed E-state index contributed by atoms with van der Waals surface area (Å²) in [4.78, 5) is 3.42. The van der Waals surface area contributed by atoms with Crippen LogP contribution in [-0.4, -0.2) is 20.4 Å². The van der Waals surface area contributed by atoms with Crippen LogP contribution in [0.5, 0.6) is 5.75 Å². The average molecular weight is 209 g/mol. The molecule has 0 saturated carbocycles.